The first-order valence-electron chi connectivity index (χ1n) is 9.22. The Morgan fingerprint density at radius 1 is 1.13 bits per heavy atom. The van der Waals surface area contributed by atoms with Gasteiger partial charge in [-0.05, 0) is 37.1 Å². The number of nitrogens with zero attached hydrogens (tertiary/aromatic N) is 1. The molecule has 0 radical (unpaired) electrons. The summed E-state index contributed by atoms with van der Waals surface area (Å²) < 4.78 is 11.2. The number of benzene rings is 2. The largest absolute Gasteiger partial charge is 0.496 e. The van der Waals surface area contributed by atoms with Crippen LogP contribution in [0.4, 0.5) is 5.69 Å². The SMILES string of the molecule is Br.COc1cc2nccc(Oc3ccc(C(=O)NC4CC4)c(Cl)c3N)c2cc1C(N)=O. The smallest absolute Gasteiger partial charge is 0.253 e. The van der Waals surface area contributed by atoms with E-state index < -0.39 is 5.91 Å². The maximum Gasteiger partial charge on any atom is 0.253 e. The summed E-state index contributed by atoms with van der Waals surface area (Å²) in [5.74, 6) is 0.0636. The van der Waals surface area contributed by atoms with Crippen LogP contribution in [0.1, 0.15) is 33.6 Å². The van der Waals surface area contributed by atoms with Crippen molar-refractivity contribution in [2.75, 3.05) is 12.8 Å². The number of methoxy groups -OCH3 is 1. The number of halogens is 2. The van der Waals surface area contributed by atoms with Crippen molar-refractivity contribution in [3.63, 3.8) is 0 Å². The molecule has 1 fully saturated rings. The second kappa shape index (κ2) is 8.99. The molecule has 0 saturated heterocycles. The molecule has 31 heavy (non-hydrogen) atoms. The van der Waals surface area contributed by atoms with E-state index in [4.69, 9.17) is 32.5 Å². The van der Waals surface area contributed by atoms with E-state index in [1.165, 1.54) is 7.11 Å². The van der Waals surface area contributed by atoms with Crippen LogP contribution >= 0.6 is 28.6 Å². The molecule has 10 heteroatoms. The Labute approximate surface area is 193 Å². The molecular formula is C21H20BrClN4O4. The lowest BCUT2D eigenvalue weighted by atomic mass is 10.1. The van der Waals surface area contributed by atoms with Crippen molar-refractivity contribution in [2.45, 2.75) is 18.9 Å². The van der Waals surface area contributed by atoms with Crippen LogP contribution in [0.5, 0.6) is 17.2 Å². The fourth-order valence-corrected chi connectivity index (χ4v) is 3.29. The van der Waals surface area contributed by atoms with Gasteiger partial charge in [0.05, 0.1) is 34.5 Å². The van der Waals surface area contributed by atoms with E-state index in [1.54, 1.807) is 36.5 Å². The number of nitrogens with two attached hydrogens (primary N) is 2. The predicted octanol–water partition coefficient (Wildman–Crippen LogP) is 3.84. The summed E-state index contributed by atoms with van der Waals surface area (Å²) in [4.78, 5) is 28.4. The Morgan fingerprint density at radius 3 is 2.52 bits per heavy atom. The number of fused-ring (bicyclic) bond motifs is 1. The van der Waals surface area contributed by atoms with Gasteiger partial charge in [-0.1, -0.05) is 11.6 Å². The maximum atomic E-state index is 12.3. The summed E-state index contributed by atoms with van der Waals surface area (Å²) in [5.41, 5.74) is 12.7. The van der Waals surface area contributed by atoms with Gasteiger partial charge in [0.15, 0.2) is 5.75 Å². The van der Waals surface area contributed by atoms with E-state index in [1.807, 2.05) is 0 Å². The molecule has 1 heterocycles. The average Bonchev–Trinajstić information content (AvgIpc) is 3.54. The minimum Gasteiger partial charge on any atom is -0.496 e. The molecule has 2 amide bonds. The highest BCUT2D eigenvalue weighted by Crippen LogP contribution is 2.38. The lowest BCUT2D eigenvalue weighted by molar-refractivity contribution is 0.0949. The van der Waals surface area contributed by atoms with Crippen LogP contribution in [0, 0.1) is 0 Å². The molecule has 8 nitrogen and oxygen atoms in total. The number of ether oxygens (including phenoxy) is 2. The summed E-state index contributed by atoms with van der Waals surface area (Å²) in [7, 11) is 1.44. The van der Waals surface area contributed by atoms with Crippen molar-refractivity contribution < 1.29 is 19.1 Å². The van der Waals surface area contributed by atoms with Gasteiger partial charge in [-0.25, -0.2) is 0 Å². The number of carbonyl (C=O) groups is 2. The van der Waals surface area contributed by atoms with E-state index in [-0.39, 0.29) is 56.5 Å². The highest BCUT2D eigenvalue weighted by Gasteiger charge is 2.26. The molecular weight excluding hydrogens is 488 g/mol. The third-order valence-electron chi connectivity index (χ3n) is 4.81. The lowest BCUT2D eigenvalue weighted by Crippen LogP contribution is -2.25. The normalized spacial score (nSPS) is 12.7. The number of nitrogen functional groups attached to an aromatic ring is 1. The molecule has 5 N–H and O–H groups in total. The van der Waals surface area contributed by atoms with Gasteiger partial charge in [0.25, 0.3) is 11.8 Å². The molecule has 0 spiro atoms. The summed E-state index contributed by atoms with van der Waals surface area (Å²) in [5, 5.41) is 3.53. The molecule has 0 bridgehead atoms. The topological polar surface area (TPSA) is 130 Å². The standard InChI is InChI=1S/C21H19ClN4O4.BrH/c1-29-17-9-14-12(8-13(17)20(24)27)15(6-7-25-14)30-16-5-4-11(18(22)19(16)23)21(28)26-10-2-3-10;/h4-10H,2-3,23H2,1H3,(H2,24,27)(H,26,28);1H. The van der Waals surface area contributed by atoms with Crippen molar-refractivity contribution in [3.05, 3.63) is 52.7 Å². The van der Waals surface area contributed by atoms with Gasteiger partial charge < -0.3 is 26.3 Å². The number of rotatable bonds is 6. The fourth-order valence-electron chi connectivity index (χ4n) is 3.05. The number of carbonyl (C=O) groups excluding carboxylic acids is 2. The minimum atomic E-state index is -0.642. The Hall–Kier alpha value is -3.04. The minimum absolute atomic E-state index is 0. The molecule has 4 rings (SSSR count). The first-order valence-corrected chi connectivity index (χ1v) is 9.60. The first-order chi connectivity index (χ1) is 14.4. The van der Waals surface area contributed by atoms with Crippen LogP contribution < -0.4 is 26.3 Å². The van der Waals surface area contributed by atoms with Crippen molar-refractivity contribution in [1.82, 2.24) is 10.3 Å². The third kappa shape index (κ3) is 4.52. The molecule has 1 saturated carbocycles. The van der Waals surface area contributed by atoms with Gasteiger partial charge in [0.2, 0.25) is 0 Å². The average molecular weight is 508 g/mol. The van der Waals surface area contributed by atoms with Gasteiger partial charge in [0.1, 0.15) is 11.5 Å². The van der Waals surface area contributed by atoms with Crippen molar-refractivity contribution in [3.8, 4) is 17.2 Å². The van der Waals surface area contributed by atoms with Crippen LogP contribution in [0.3, 0.4) is 0 Å². The van der Waals surface area contributed by atoms with E-state index >= 15 is 0 Å². The molecule has 2 aromatic carbocycles. The second-order valence-electron chi connectivity index (χ2n) is 6.93. The molecule has 1 aliphatic carbocycles. The number of nitrogens with one attached hydrogen (secondary N) is 1. The quantitative estimate of drug-likeness (QED) is 0.435. The van der Waals surface area contributed by atoms with Crippen LogP contribution in [-0.4, -0.2) is 29.9 Å². The molecule has 0 unspecified atom stereocenters. The number of hydrogen-bond acceptors (Lipinski definition) is 6. The molecule has 3 aromatic rings. The van der Waals surface area contributed by atoms with Gasteiger partial charge >= 0.3 is 0 Å². The zero-order valence-electron chi connectivity index (χ0n) is 16.5. The number of aromatic nitrogens is 1. The second-order valence-corrected chi connectivity index (χ2v) is 7.31. The number of primary amides is 1. The zero-order chi connectivity index (χ0) is 21.4. The highest BCUT2D eigenvalue weighted by atomic mass is 79.9. The van der Waals surface area contributed by atoms with Crippen molar-refractivity contribution >= 4 is 57.0 Å². The zero-order valence-corrected chi connectivity index (χ0v) is 18.9. The van der Waals surface area contributed by atoms with Gasteiger partial charge in [-0.3, -0.25) is 14.6 Å². The number of hydrogen-bond donors (Lipinski definition) is 3. The summed E-state index contributed by atoms with van der Waals surface area (Å²) >= 11 is 6.33. The fraction of sp³-hybridized carbons (Fsp3) is 0.190. The molecule has 162 valence electrons. The first kappa shape index (κ1) is 22.6. The summed E-state index contributed by atoms with van der Waals surface area (Å²) in [6.45, 7) is 0. The van der Waals surface area contributed by atoms with E-state index in [0.717, 1.165) is 12.8 Å². The van der Waals surface area contributed by atoms with E-state index in [2.05, 4.69) is 10.3 Å². The van der Waals surface area contributed by atoms with E-state index in [9.17, 15) is 9.59 Å². The van der Waals surface area contributed by atoms with Crippen molar-refractivity contribution in [1.29, 1.82) is 0 Å². The van der Waals surface area contributed by atoms with Gasteiger partial charge in [0, 0.05) is 23.7 Å². The lowest BCUT2D eigenvalue weighted by Gasteiger charge is -2.15. The van der Waals surface area contributed by atoms with Crippen LogP contribution in [0.25, 0.3) is 10.9 Å². The Balaban J connectivity index is 0.00000272. The number of amides is 2. The number of anilines is 1. The maximum absolute atomic E-state index is 12.3. The summed E-state index contributed by atoms with van der Waals surface area (Å²) in [6, 6.07) is 8.12. The van der Waals surface area contributed by atoms with E-state index in [0.29, 0.717) is 22.4 Å². The molecule has 1 aliphatic rings. The Bertz CT molecular complexity index is 1180. The van der Waals surface area contributed by atoms with Crippen LogP contribution in [-0.2, 0) is 0 Å². The Kier molecular flexibility index (Phi) is 6.56. The molecule has 1 aromatic heterocycles. The van der Waals surface area contributed by atoms with Gasteiger partial charge in [-0.2, -0.15) is 0 Å². The molecule has 0 aliphatic heterocycles. The number of pyridine rings is 1. The highest BCUT2D eigenvalue weighted by molar-refractivity contribution is 8.93. The van der Waals surface area contributed by atoms with Crippen molar-refractivity contribution in [2.24, 2.45) is 5.73 Å². The third-order valence-corrected chi connectivity index (χ3v) is 5.21. The summed E-state index contributed by atoms with van der Waals surface area (Å²) in [6.07, 6.45) is 3.48. The monoisotopic (exact) mass is 506 g/mol. The Morgan fingerprint density at radius 2 is 1.87 bits per heavy atom. The molecule has 0 atom stereocenters. The van der Waals surface area contributed by atoms with Gasteiger partial charge in [-0.15, -0.1) is 17.0 Å². The van der Waals surface area contributed by atoms with Crippen LogP contribution in [0.15, 0.2) is 36.5 Å². The van der Waals surface area contributed by atoms with Crippen LogP contribution in [0.2, 0.25) is 5.02 Å². The predicted molar refractivity (Wildman–Crippen MR) is 124 cm³/mol.